The van der Waals surface area contributed by atoms with Gasteiger partial charge in [-0.15, -0.1) is 0 Å². The zero-order valence-corrected chi connectivity index (χ0v) is 8.21. The van der Waals surface area contributed by atoms with Gasteiger partial charge in [-0.2, -0.15) is 0 Å². The molecule has 2 nitrogen and oxygen atoms in total. The molecular formula is C10H21NO. The second kappa shape index (κ2) is 3.75. The van der Waals surface area contributed by atoms with Crippen molar-refractivity contribution in [2.45, 2.75) is 58.1 Å². The van der Waals surface area contributed by atoms with Gasteiger partial charge in [-0.05, 0) is 44.4 Å². The van der Waals surface area contributed by atoms with E-state index in [9.17, 15) is 5.11 Å². The van der Waals surface area contributed by atoms with E-state index >= 15 is 0 Å². The Bertz CT molecular complexity index is 137. The van der Waals surface area contributed by atoms with Crippen LogP contribution < -0.4 is 5.73 Å². The predicted octanol–water partition coefficient (Wildman–Crippen LogP) is 1.66. The SMILES string of the molecule is CCC1([C@@H](C)O)CCC(N)CC1. The van der Waals surface area contributed by atoms with Crippen molar-refractivity contribution in [1.29, 1.82) is 0 Å². The van der Waals surface area contributed by atoms with Crippen molar-refractivity contribution in [2.24, 2.45) is 11.1 Å². The number of rotatable bonds is 2. The molecule has 12 heavy (non-hydrogen) atoms. The van der Waals surface area contributed by atoms with Gasteiger partial charge in [-0.3, -0.25) is 0 Å². The first-order chi connectivity index (χ1) is 5.60. The van der Waals surface area contributed by atoms with Crippen LogP contribution in [0.1, 0.15) is 46.0 Å². The molecule has 0 aromatic carbocycles. The fourth-order valence-electron chi connectivity index (χ4n) is 2.28. The first-order valence-corrected chi connectivity index (χ1v) is 5.04. The highest BCUT2D eigenvalue weighted by Crippen LogP contribution is 2.41. The fourth-order valence-corrected chi connectivity index (χ4v) is 2.28. The van der Waals surface area contributed by atoms with Crippen molar-refractivity contribution in [3.8, 4) is 0 Å². The van der Waals surface area contributed by atoms with E-state index in [0.717, 1.165) is 32.1 Å². The molecule has 0 aromatic heterocycles. The van der Waals surface area contributed by atoms with Crippen LogP contribution in [0.15, 0.2) is 0 Å². The maximum Gasteiger partial charge on any atom is 0.0568 e. The summed E-state index contributed by atoms with van der Waals surface area (Å²) in [5.41, 5.74) is 6.01. The third-order valence-corrected chi connectivity index (χ3v) is 3.62. The molecule has 1 saturated carbocycles. The molecule has 1 aliphatic rings. The van der Waals surface area contributed by atoms with Crippen molar-refractivity contribution in [3.05, 3.63) is 0 Å². The number of hydrogen-bond donors (Lipinski definition) is 2. The Morgan fingerprint density at radius 1 is 1.50 bits per heavy atom. The zero-order valence-electron chi connectivity index (χ0n) is 8.21. The van der Waals surface area contributed by atoms with Crippen LogP contribution in [0.4, 0.5) is 0 Å². The minimum atomic E-state index is -0.171. The molecule has 0 aliphatic heterocycles. The largest absolute Gasteiger partial charge is 0.393 e. The number of aliphatic hydroxyl groups excluding tert-OH is 1. The molecule has 1 aliphatic carbocycles. The molecule has 0 spiro atoms. The molecule has 2 heteroatoms. The second-order valence-electron chi connectivity index (χ2n) is 4.23. The van der Waals surface area contributed by atoms with Crippen LogP contribution in [-0.2, 0) is 0 Å². The molecule has 0 bridgehead atoms. The summed E-state index contributed by atoms with van der Waals surface area (Å²) in [7, 11) is 0. The summed E-state index contributed by atoms with van der Waals surface area (Å²) < 4.78 is 0. The van der Waals surface area contributed by atoms with Crippen LogP contribution in [0.25, 0.3) is 0 Å². The summed E-state index contributed by atoms with van der Waals surface area (Å²) in [5.74, 6) is 0. The van der Waals surface area contributed by atoms with Crippen LogP contribution in [0.2, 0.25) is 0 Å². The molecular weight excluding hydrogens is 150 g/mol. The standard InChI is InChI=1S/C10H21NO/c1-3-10(8(2)12)6-4-9(11)5-7-10/h8-9,12H,3-7,11H2,1-2H3/t8-,9?,10?/m1/s1. The Morgan fingerprint density at radius 2 is 2.00 bits per heavy atom. The van der Waals surface area contributed by atoms with Gasteiger partial charge in [-0.25, -0.2) is 0 Å². The first-order valence-electron chi connectivity index (χ1n) is 5.04. The van der Waals surface area contributed by atoms with Gasteiger partial charge in [0.05, 0.1) is 6.10 Å². The molecule has 3 N–H and O–H groups in total. The zero-order chi connectivity index (χ0) is 9.19. The van der Waals surface area contributed by atoms with Gasteiger partial charge >= 0.3 is 0 Å². The molecule has 72 valence electrons. The van der Waals surface area contributed by atoms with Crippen molar-refractivity contribution < 1.29 is 5.11 Å². The Hall–Kier alpha value is -0.0800. The van der Waals surface area contributed by atoms with Crippen LogP contribution in [0.5, 0.6) is 0 Å². The summed E-state index contributed by atoms with van der Waals surface area (Å²) in [6, 6.07) is 0.378. The lowest BCUT2D eigenvalue weighted by atomic mass is 9.68. The number of hydrogen-bond acceptors (Lipinski definition) is 2. The van der Waals surface area contributed by atoms with Crippen LogP contribution in [-0.4, -0.2) is 17.3 Å². The molecule has 0 saturated heterocycles. The molecule has 0 heterocycles. The Labute approximate surface area is 75.2 Å². The highest BCUT2D eigenvalue weighted by Gasteiger charge is 2.36. The second-order valence-corrected chi connectivity index (χ2v) is 4.23. The molecule has 1 fully saturated rings. The molecule has 0 amide bonds. The summed E-state index contributed by atoms with van der Waals surface area (Å²) in [6.07, 6.45) is 5.27. The van der Waals surface area contributed by atoms with Crippen molar-refractivity contribution in [1.82, 2.24) is 0 Å². The lowest BCUT2D eigenvalue weighted by Gasteiger charge is -2.41. The van der Waals surface area contributed by atoms with E-state index in [-0.39, 0.29) is 11.5 Å². The quantitative estimate of drug-likeness (QED) is 0.664. The van der Waals surface area contributed by atoms with Gasteiger partial charge in [0.1, 0.15) is 0 Å². The van der Waals surface area contributed by atoms with Gasteiger partial charge in [0.15, 0.2) is 0 Å². The lowest BCUT2D eigenvalue weighted by Crippen LogP contribution is -2.40. The van der Waals surface area contributed by atoms with Gasteiger partial charge in [0.25, 0.3) is 0 Å². The van der Waals surface area contributed by atoms with Crippen molar-refractivity contribution in [2.75, 3.05) is 0 Å². The van der Waals surface area contributed by atoms with E-state index in [4.69, 9.17) is 5.73 Å². The molecule has 1 atom stereocenters. The Kier molecular flexibility index (Phi) is 3.13. The van der Waals surface area contributed by atoms with Crippen molar-refractivity contribution in [3.63, 3.8) is 0 Å². The molecule has 0 unspecified atom stereocenters. The van der Waals surface area contributed by atoms with Crippen LogP contribution >= 0.6 is 0 Å². The van der Waals surface area contributed by atoms with Crippen LogP contribution in [0.3, 0.4) is 0 Å². The summed E-state index contributed by atoms with van der Waals surface area (Å²) >= 11 is 0. The Morgan fingerprint density at radius 3 is 2.33 bits per heavy atom. The maximum atomic E-state index is 9.67. The van der Waals surface area contributed by atoms with E-state index in [2.05, 4.69) is 6.92 Å². The number of nitrogens with two attached hydrogens (primary N) is 1. The predicted molar refractivity (Wildman–Crippen MR) is 50.8 cm³/mol. The van der Waals surface area contributed by atoms with E-state index in [1.54, 1.807) is 0 Å². The van der Waals surface area contributed by atoms with Crippen molar-refractivity contribution >= 4 is 0 Å². The minimum absolute atomic E-state index is 0.171. The third kappa shape index (κ3) is 1.80. The first kappa shape index (κ1) is 10.0. The van der Waals surface area contributed by atoms with E-state index in [1.165, 1.54) is 0 Å². The minimum Gasteiger partial charge on any atom is -0.393 e. The monoisotopic (exact) mass is 171 g/mol. The fraction of sp³-hybridized carbons (Fsp3) is 1.00. The van der Waals surface area contributed by atoms with Gasteiger partial charge in [0, 0.05) is 6.04 Å². The maximum absolute atomic E-state index is 9.67. The van der Waals surface area contributed by atoms with Crippen LogP contribution in [0, 0.1) is 5.41 Å². The summed E-state index contributed by atoms with van der Waals surface area (Å²) in [4.78, 5) is 0. The molecule has 0 aromatic rings. The highest BCUT2D eigenvalue weighted by molar-refractivity contribution is 4.89. The van der Waals surface area contributed by atoms with E-state index in [1.807, 2.05) is 6.92 Å². The normalized spacial score (nSPS) is 39.5. The highest BCUT2D eigenvalue weighted by atomic mass is 16.3. The molecule has 1 rings (SSSR count). The third-order valence-electron chi connectivity index (χ3n) is 3.62. The van der Waals surface area contributed by atoms with Gasteiger partial charge in [-0.1, -0.05) is 6.92 Å². The summed E-state index contributed by atoms with van der Waals surface area (Å²) in [5, 5.41) is 9.67. The average molecular weight is 171 g/mol. The van der Waals surface area contributed by atoms with E-state index < -0.39 is 0 Å². The van der Waals surface area contributed by atoms with Gasteiger partial charge in [0.2, 0.25) is 0 Å². The van der Waals surface area contributed by atoms with E-state index in [0.29, 0.717) is 6.04 Å². The summed E-state index contributed by atoms with van der Waals surface area (Å²) in [6.45, 7) is 4.09. The number of aliphatic hydroxyl groups is 1. The molecule has 0 radical (unpaired) electrons. The van der Waals surface area contributed by atoms with Gasteiger partial charge < -0.3 is 10.8 Å². The smallest absolute Gasteiger partial charge is 0.0568 e. The Balaban J connectivity index is 2.57. The average Bonchev–Trinajstić information content (AvgIpc) is 2.06. The lowest BCUT2D eigenvalue weighted by molar-refractivity contribution is 0.00216. The topological polar surface area (TPSA) is 46.2 Å².